The van der Waals surface area contributed by atoms with E-state index in [1.807, 2.05) is 52.0 Å². The Morgan fingerprint density at radius 2 is 1.52 bits per heavy atom. The number of sulfonamides is 1. The summed E-state index contributed by atoms with van der Waals surface area (Å²) >= 11 is 0. The molecule has 0 radical (unpaired) electrons. The van der Waals surface area contributed by atoms with Crippen LogP contribution in [0.25, 0.3) is 0 Å². The third-order valence-corrected chi connectivity index (χ3v) is 7.96. The summed E-state index contributed by atoms with van der Waals surface area (Å²) in [7, 11) is -2.42. The Morgan fingerprint density at radius 3 is 2.00 bits per heavy atom. The lowest BCUT2D eigenvalue weighted by Gasteiger charge is -2.49. The molecular weight excluding hydrogens is 550 g/mol. The SMILES string of the molecule is CC.CC.CCC.CO.CS(=O)(=O)Nc1ccc2c(c1)C(=O)C1(CC1)C1(CCN(CCc3ccc(C#N)cc3)CC1)O2. The second-order valence-corrected chi connectivity index (χ2v) is 11.9. The van der Waals surface area contributed by atoms with E-state index in [-0.39, 0.29) is 5.78 Å². The molecule has 3 aliphatic rings. The first kappa shape index (κ1) is 37.1. The number of nitrogens with one attached hydrogen (secondary N) is 1. The van der Waals surface area contributed by atoms with Gasteiger partial charge in [-0.05, 0) is 55.2 Å². The number of anilines is 1. The third kappa shape index (κ3) is 9.03. The van der Waals surface area contributed by atoms with Crippen molar-refractivity contribution in [2.24, 2.45) is 5.41 Å². The van der Waals surface area contributed by atoms with Gasteiger partial charge < -0.3 is 14.7 Å². The number of carbonyl (C=O) groups excluding carboxylic acids is 1. The van der Waals surface area contributed by atoms with Crippen molar-refractivity contribution < 1.29 is 23.1 Å². The number of ether oxygens (including phenoxy) is 1. The molecule has 2 N–H and O–H groups in total. The number of ketones is 1. The molecule has 2 heterocycles. The van der Waals surface area contributed by atoms with Gasteiger partial charge in [0.25, 0.3) is 0 Å². The van der Waals surface area contributed by atoms with Crippen LogP contribution in [-0.4, -0.2) is 62.8 Å². The van der Waals surface area contributed by atoms with E-state index >= 15 is 0 Å². The maximum Gasteiger partial charge on any atom is 0.229 e. The van der Waals surface area contributed by atoms with Crippen molar-refractivity contribution in [1.82, 2.24) is 4.90 Å². The molecule has 1 aliphatic carbocycles. The predicted molar refractivity (Wildman–Crippen MR) is 172 cm³/mol. The first-order chi connectivity index (χ1) is 20.1. The molecule has 8 nitrogen and oxygen atoms in total. The van der Waals surface area contributed by atoms with Gasteiger partial charge in [-0.3, -0.25) is 9.52 Å². The Hall–Kier alpha value is -2.93. The van der Waals surface area contributed by atoms with E-state index in [9.17, 15) is 13.2 Å². The molecule has 2 aromatic carbocycles. The van der Waals surface area contributed by atoms with Gasteiger partial charge in [0.05, 0.1) is 28.9 Å². The maximum absolute atomic E-state index is 13.5. The second kappa shape index (κ2) is 17.3. The average Bonchev–Trinajstić information content (AvgIpc) is 3.82. The van der Waals surface area contributed by atoms with Crippen LogP contribution in [0.3, 0.4) is 0 Å². The highest BCUT2D eigenvalue weighted by molar-refractivity contribution is 7.92. The van der Waals surface area contributed by atoms with E-state index in [1.54, 1.807) is 18.2 Å². The second-order valence-electron chi connectivity index (χ2n) is 10.2. The third-order valence-electron chi connectivity index (χ3n) is 7.35. The molecule has 234 valence electrons. The Balaban J connectivity index is 0.000000890. The molecule has 42 heavy (non-hydrogen) atoms. The van der Waals surface area contributed by atoms with Crippen LogP contribution >= 0.6 is 0 Å². The molecule has 2 aliphatic heterocycles. The molecule has 1 saturated carbocycles. The fourth-order valence-electron chi connectivity index (χ4n) is 5.41. The van der Waals surface area contributed by atoms with Crippen molar-refractivity contribution in [2.75, 3.05) is 37.7 Å². The average molecular weight is 602 g/mol. The van der Waals surface area contributed by atoms with Gasteiger partial charge in [0.2, 0.25) is 10.0 Å². The number of benzene rings is 2. The van der Waals surface area contributed by atoms with Crippen LogP contribution in [0, 0.1) is 16.7 Å². The summed E-state index contributed by atoms with van der Waals surface area (Å²) in [5.74, 6) is 0.648. The summed E-state index contributed by atoms with van der Waals surface area (Å²) in [4.78, 5) is 16.0. The molecule has 1 saturated heterocycles. The fraction of sp³-hybridized carbons (Fsp3) is 0.576. The summed E-state index contributed by atoms with van der Waals surface area (Å²) in [6.07, 6.45) is 6.50. The summed E-state index contributed by atoms with van der Waals surface area (Å²) in [5, 5.41) is 15.9. The minimum atomic E-state index is -3.42. The first-order valence-corrected chi connectivity index (χ1v) is 17.1. The summed E-state index contributed by atoms with van der Waals surface area (Å²) in [6.45, 7) is 14.9. The fourth-order valence-corrected chi connectivity index (χ4v) is 5.96. The van der Waals surface area contributed by atoms with E-state index in [2.05, 4.69) is 29.5 Å². The highest BCUT2D eigenvalue weighted by Gasteiger charge is 2.68. The maximum atomic E-state index is 13.5. The smallest absolute Gasteiger partial charge is 0.229 e. The van der Waals surface area contributed by atoms with Crippen molar-refractivity contribution >= 4 is 21.5 Å². The Kier molecular flexibility index (Phi) is 15.2. The summed E-state index contributed by atoms with van der Waals surface area (Å²) < 4.78 is 32.2. The van der Waals surface area contributed by atoms with Crippen LogP contribution in [-0.2, 0) is 16.4 Å². The molecule has 0 aromatic heterocycles. The number of aliphatic hydroxyl groups is 1. The molecule has 5 rings (SSSR count). The van der Waals surface area contributed by atoms with Crippen LogP contribution in [0.4, 0.5) is 5.69 Å². The van der Waals surface area contributed by atoms with Crippen molar-refractivity contribution in [1.29, 1.82) is 5.26 Å². The highest BCUT2D eigenvalue weighted by atomic mass is 32.2. The van der Waals surface area contributed by atoms with Crippen LogP contribution < -0.4 is 9.46 Å². The number of nitrogens with zero attached hydrogens (tertiary/aromatic N) is 2. The number of hydrogen-bond donors (Lipinski definition) is 2. The predicted octanol–water partition coefficient (Wildman–Crippen LogP) is 6.44. The standard InChI is InChI=1S/C25H27N3O4S.C3H8.2C2H6.CH4O/c1-33(30,31)27-20-6-7-22-21(16-20)23(29)24(9-10-24)25(32-22)11-14-28(15-12-25)13-8-18-2-4-19(17-26)5-3-18;1-3-2;3*1-2/h2-7,16,27H,8-15H2,1H3;3H2,1-2H3;2*1-2H3;2H,1H3. The van der Waals surface area contributed by atoms with Gasteiger partial charge in [-0.2, -0.15) is 5.26 Å². The molecule has 0 amide bonds. The molecule has 0 unspecified atom stereocenters. The van der Waals surface area contributed by atoms with E-state index in [0.717, 1.165) is 65.1 Å². The zero-order chi connectivity index (χ0) is 32.0. The minimum absolute atomic E-state index is 0.0898. The first-order valence-electron chi connectivity index (χ1n) is 15.2. The molecule has 0 atom stereocenters. The number of Topliss-reactive ketones (excluding diaryl/α,β-unsaturated/α-hetero) is 1. The van der Waals surface area contributed by atoms with Gasteiger partial charge in [0, 0.05) is 45.3 Å². The lowest BCUT2D eigenvalue weighted by Crippen LogP contribution is -2.58. The number of piperidine rings is 1. The monoisotopic (exact) mass is 601 g/mol. The number of rotatable bonds is 5. The number of aliphatic hydroxyl groups excluding tert-OH is 1. The molecule has 2 spiro atoms. The number of fused-ring (bicyclic) bond motifs is 2. The molecule has 0 bridgehead atoms. The van der Waals surface area contributed by atoms with Crippen molar-refractivity contribution in [2.45, 2.75) is 85.7 Å². The van der Waals surface area contributed by atoms with Crippen LogP contribution in [0.2, 0.25) is 0 Å². The molecule has 2 aromatic rings. The normalized spacial score (nSPS) is 17.1. The lowest BCUT2D eigenvalue weighted by atomic mass is 9.70. The molecular formula is C33H51N3O5S. The van der Waals surface area contributed by atoms with Crippen molar-refractivity contribution in [3.8, 4) is 11.8 Å². The Morgan fingerprint density at radius 1 is 0.976 bits per heavy atom. The number of nitriles is 1. The largest absolute Gasteiger partial charge is 0.485 e. The molecule has 2 fully saturated rings. The van der Waals surface area contributed by atoms with E-state index in [4.69, 9.17) is 15.1 Å². The quantitative estimate of drug-likeness (QED) is 0.405. The van der Waals surface area contributed by atoms with Gasteiger partial charge >= 0.3 is 0 Å². The minimum Gasteiger partial charge on any atom is -0.485 e. The van der Waals surface area contributed by atoms with E-state index < -0.39 is 21.0 Å². The van der Waals surface area contributed by atoms with Gasteiger partial charge in [-0.15, -0.1) is 0 Å². The number of likely N-dealkylation sites (tertiary alicyclic amines) is 1. The summed E-state index contributed by atoms with van der Waals surface area (Å²) in [5.41, 5.74) is 1.79. The van der Waals surface area contributed by atoms with Gasteiger partial charge in [-0.25, -0.2) is 8.42 Å². The van der Waals surface area contributed by atoms with Crippen LogP contribution in [0.5, 0.6) is 5.75 Å². The van der Waals surface area contributed by atoms with Gasteiger partial charge in [0.15, 0.2) is 5.78 Å². The van der Waals surface area contributed by atoms with Gasteiger partial charge in [0.1, 0.15) is 11.4 Å². The zero-order valence-corrected chi connectivity index (χ0v) is 27.6. The van der Waals surface area contributed by atoms with Crippen molar-refractivity contribution in [3.63, 3.8) is 0 Å². The lowest BCUT2D eigenvalue weighted by molar-refractivity contribution is -0.0537. The summed E-state index contributed by atoms with van der Waals surface area (Å²) in [6, 6.07) is 14.9. The van der Waals surface area contributed by atoms with Crippen LogP contribution in [0.15, 0.2) is 42.5 Å². The highest BCUT2D eigenvalue weighted by Crippen LogP contribution is 2.63. The van der Waals surface area contributed by atoms with Gasteiger partial charge in [-0.1, -0.05) is 60.1 Å². The Bertz CT molecular complexity index is 1260. The number of carbonyl (C=O) groups is 1. The van der Waals surface area contributed by atoms with E-state index in [1.165, 1.54) is 12.0 Å². The Labute approximate surface area is 254 Å². The van der Waals surface area contributed by atoms with E-state index in [0.29, 0.717) is 22.6 Å². The van der Waals surface area contributed by atoms with Crippen LogP contribution in [0.1, 0.15) is 95.1 Å². The number of hydrogen-bond acceptors (Lipinski definition) is 7. The zero-order valence-electron chi connectivity index (χ0n) is 26.8. The van der Waals surface area contributed by atoms with Crippen molar-refractivity contribution in [3.05, 3.63) is 59.2 Å². The topological polar surface area (TPSA) is 120 Å². The molecule has 9 heteroatoms.